The highest BCUT2D eigenvalue weighted by molar-refractivity contribution is 5.86. The molecule has 1 unspecified atom stereocenters. The summed E-state index contributed by atoms with van der Waals surface area (Å²) in [5.41, 5.74) is 0. The molecule has 3 nitrogen and oxygen atoms in total. The van der Waals surface area contributed by atoms with E-state index in [1.807, 2.05) is 0 Å². The number of rotatable bonds is 3. The van der Waals surface area contributed by atoms with Gasteiger partial charge in [0.05, 0.1) is 12.6 Å². The van der Waals surface area contributed by atoms with Gasteiger partial charge >= 0.3 is 0 Å². The van der Waals surface area contributed by atoms with Crippen LogP contribution in [-0.2, 0) is 4.79 Å². The molecule has 2 aliphatic heterocycles. The third kappa shape index (κ3) is 1.67. The van der Waals surface area contributed by atoms with Gasteiger partial charge in [0.2, 0.25) is 0 Å². The van der Waals surface area contributed by atoms with Crippen molar-refractivity contribution < 1.29 is 4.79 Å². The minimum atomic E-state index is 0.186. The highest BCUT2D eigenvalue weighted by atomic mass is 16.1. The Morgan fingerprint density at radius 2 is 2.08 bits per heavy atom. The quantitative estimate of drug-likeness (QED) is 0.644. The second-order valence-electron chi connectivity index (χ2n) is 3.74. The van der Waals surface area contributed by atoms with Crippen LogP contribution in [0.5, 0.6) is 0 Å². The number of hydrogen-bond acceptors (Lipinski definition) is 3. The number of Topliss-reactive ketones (excluding diaryl/α,β-unsaturated/α-hetero) is 1. The molecule has 12 heavy (non-hydrogen) atoms. The van der Waals surface area contributed by atoms with E-state index in [4.69, 9.17) is 0 Å². The summed E-state index contributed by atoms with van der Waals surface area (Å²) in [4.78, 5) is 13.7. The number of carbonyl (C=O) groups is 1. The summed E-state index contributed by atoms with van der Waals surface area (Å²) in [5.74, 6) is 0.392. The van der Waals surface area contributed by atoms with Gasteiger partial charge in [0.1, 0.15) is 0 Å². The zero-order valence-electron chi connectivity index (χ0n) is 7.38. The normalized spacial score (nSPS) is 30.2. The van der Waals surface area contributed by atoms with Gasteiger partial charge in [-0.2, -0.15) is 0 Å². The molecule has 3 heteroatoms. The van der Waals surface area contributed by atoms with Crippen molar-refractivity contribution in [1.82, 2.24) is 10.2 Å². The van der Waals surface area contributed by atoms with Gasteiger partial charge in [-0.15, -0.1) is 0 Å². The van der Waals surface area contributed by atoms with E-state index in [0.717, 1.165) is 26.1 Å². The first-order chi connectivity index (χ1) is 5.86. The standard InChI is InChI=1S/C9H16N2O/c12-9(8-3-4-10-8)7-11-5-1-2-6-11/h8,10H,1-7H2. The third-order valence-electron chi connectivity index (χ3n) is 2.79. The molecule has 0 bridgehead atoms. The highest BCUT2D eigenvalue weighted by Crippen LogP contribution is 2.09. The monoisotopic (exact) mass is 168 g/mol. The Morgan fingerprint density at radius 1 is 1.42 bits per heavy atom. The lowest BCUT2D eigenvalue weighted by Crippen LogP contribution is -2.51. The molecule has 0 aliphatic carbocycles. The first kappa shape index (κ1) is 8.20. The Hall–Kier alpha value is -0.410. The molecular formula is C9H16N2O. The Labute approximate surface area is 73.1 Å². The van der Waals surface area contributed by atoms with Crippen LogP contribution >= 0.6 is 0 Å². The van der Waals surface area contributed by atoms with Crippen molar-refractivity contribution in [3.05, 3.63) is 0 Å². The zero-order valence-corrected chi connectivity index (χ0v) is 7.38. The van der Waals surface area contributed by atoms with E-state index in [-0.39, 0.29) is 6.04 Å². The van der Waals surface area contributed by atoms with Crippen LogP contribution in [0.4, 0.5) is 0 Å². The summed E-state index contributed by atoms with van der Waals surface area (Å²) >= 11 is 0. The number of carbonyl (C=O) groups excluding carboxylic acids is 1. The highest BCUT2D eigenvalue weighted by Gasteiger charge is 2.26. The topological polar surface area (TPSA) is 32.3 Å². The van der Waals surface area contributed by atoms with Crippen molar-refractivity contribution in [2.45, 2.75) is 25.3 Å². The summed E-state index contributed by atoms with van der Waals surface area (Å²) in [6.45, 7) is 3.95. The van der Waals surface area contributed by atoms with E-state index >= 15 is 0 Å². The Kier molecular flexibility index (Phi) is 2.42. The Morgan fingerprint density at radius 3 is 2.58 bits per heavy atom. The van der Waals surface area contributed by atoms with Crippen LogP contribution in [0, 0.1) is 0 Å². The predicted octanol–water partition coefficient (Wildman–Crippen LogP) is 0.0132. The first-order valence-corrected chi connectivity index (χ1v) is 4.85. The molecular weight excluding hydrogens is 152 g/mol. The molecule has 0 saturated carbocycles. The first-order valence-electron chi connectivity index (χ1n) is 4.85. The maximum Gasteiger partial charge on any atom is 0.163 e. The molecule has 0 aromatic rings. The molecule has 2 saturated heterocycles. The SMILES string of the molecule is O=C(CN1CCCC1)C1CCN1. The average Bonchev–Trinajstić information content (AvgIpc) is 2.34. The van der Waals surface area contributed by atoms with Crippen molar-refractivity contribution in [2.24, 2.45) is 0 Å². The van der Waals surface area contributed by atoms with Crippen LogP contribution in [0.1, 0.15) is 19.3 Å². The number of likely N-dealkylation sites (tertiary alicyclic amines) is 1. The van der Waals surface area contributed by atoms with Gasteiger partial charge in [-0.3, -0.25) is 9.69 Å². The van der Waals surface area contributed by atoms with Crippen LogP contribution in [0.2, 0.25) is 0 Å². The lowest BCUT2D eigenvalue weighted by Gasteiger charge is -2.27. The van der Waals surface area contributed by atoms with Crippen LogP contribution in [-0.4, -0.2) is 42.9 Å². The van der Waals surface area contributed by atoms with Crippen molar-refractivity contribution in [1.29, 1.82) is 0 Å². The van der Waals surface area contributed by atoms with Gasteiger partial charge in [0.15, 0.2) is 5.78 Å². The van der Waals surface area contributed by atoms with Gasteiger partial charge in [0, 0.05) is 0 Å². The maximum absolute atomic E-state index is 11.5. The van der Waals surface area contributed by atoms with Crippen molar-refractivity contribution >= 4 is 5.78 Å². The lowest BCUT2D eigenvalue weighted by atomic mass is 10.0. The Bertz CT molecular complexity index is 171. The molecule has 0 aromatic heterocycles. The van der Waals surface area contributed by atoms with Gasteiger partial charge in [0.25, 0.3) is 0 Å². The average molecular weight is 168 g/mol. The van der Waals surface area contributed by atoms with Gasteiger partial charge in [-0.05, 0) is 38.9 Å². The molecule has 2 fully saturated rings. The molecule has 1 N–H and O–H groups in total. The van der Waals surface area contributed by atoms with Crippen LogP contribution < -0.4 is 5.32 Å². The van der Waals surface area contributed by atoms with Gasteiger partial charge in [-0.1, -0.05) is 0 Å². The predicted molar refractivity (Wildman–Crippen MR) is 47.1 cm³/mol. The van der Waals surface area contributed by atoms with E-state index in [2.05, 4.69) is 10.2 Å². The van der Waals surface area contributed by atoms with Crippen LogP contribution in [0.3, 0.4) is 0 Å². The van der Waals surface area contributed by atoms with Crippen molar-refractivity contribution in [3.8, 4) is 0 Å². The van der Waals surface area contributed by atoms with E-state index < -0.39 is 0 Å². The van der Waals surface area contributed by atoms with E-state index in [9.17, 15) is 4.79 Å². The fraction of sp³-hybridized carbons (Fsp3) is 0.889. The maximum atomic E-state index is 11.5. The van der Waals surface area contributed by atoms with E-state index in [0.29, 0.717) is 12.3 Å². The number of ketones is 1. The number of nitrogens with zero attached hydrogens (tertiary/aromatic N) is 1. The van der Waals surface area contributed by atoms with Crippen LogP contribution in [0.15, 0.2) is 0 Å². The van der Waals surface area contributed by atoms with Crippen molar-refractivity contribution in [2.75, 3.05) is 26.2 Å². The zero-order chi connectivity index (χ0) is 8.39. The van der Waals surface area contributed by atoms with E-state index in [1.54, 1.807) is 0 Å². The minimum Gasteiger partial charge on any atom is -0.307 e. The fourth-order valence-electron chi connectivity index (χ4n) is 1.83. The fourth-order valence-corrected chi connectivity index (χ4v) is 1.83. The van der Waals surface area contributed by atoms with Gasteiger partial charge < -0.3 is 5.32 Å². The van der Waals surface area contributed by atoms with Crippen molar-refractivity contribution in [3.63, 3.8) is 0 Å². The molecule has 2 rings (SSSR count). The second-order valence-corrected chi connectivity index (χ2v) is 3.74. The number of nitrogens with one attached hydrogen (secondary N) is 1. The molecule has 68 valence electrons. The molecule has 0 amide bonds. The Balaban J connectivity index is 1.73. The summed E-state index contributed by atoms with van der Waals surface area (Å²) in [7, 11) is 0. The summed E-state index contributed by atoms with van der Waals surface area (Å²) < 4.78 is 0. The second kappa shape index (κ2) is 3.54. The van der Waals surface area contributed by atoms with Crippen LogP contribution in [0.25, 0.3) is 0 Å². The third-order valence-corrected chi connectivity index (χ3v) is 2.79. The molecule has 0 spiro atoms. The number of hydrogen-bond donors (Lipinski definition) is 1. The molecule has 2 aliphatic rings. The molecule has 0 aromatic carbocycles. The summed E-state index contributed by atoms with van der Waals surface area (Å²) in [6, 6.07) is 0.186. The molecule has 2 heterocycles. The molecule has 0 radical (unpaired) electrons. The lowest BCUT2D eigenvalue weighted by molar-refractivity contribution is -0.123. The summed E-state index contributed by atoms with van der Waals surface area (Å²) in [5, 5.41) is 3.14. The van der Waals surface area contributed by atoms with E-state index in [1.165, 1.54) is 12.8 Å². The largest absolute Gasteiger partial charge is 0.307 e. The summed E-state index contributed by atoms with van der Waals surface area (Å²) in [6.07, 6.45) is 3.59. The minimum absolute atomic E-state index is 0.186. The van der Waals surface area contributed by atoms with Gasteiger partial charge in [-0.25, -0.2) is 0 Å². The molecule has 1 atom stereocenters. The smallest absolute Gasteiger partial charge is 0.163 e.